The maximum absolute atomic E-state index is 11.3. The number of carbonyl (C=O) groups is 1. The van der Waals surface area contributed by atoms with E-state index in [0.29, 0.717) is 18.4 Å². The van der Waals surface area contributed by atoms with Crippen LogP contribution in [-0.4, -0.2) is 12.6 Å². The molecule has 2 heteroatoms. The van der Waals surface area contributed by atoms with Crippen molar-refractivity contribution in [2.45, 2.75) is 45.4 Å². The second kappa shape index (κ2) is 3.32. The van der Waals surface area contributed by atoms with E-state index in [0.717, 1.165) is 5.92 Å². The van der Waals surface area contributed by atoms with Gasteiger partial charge in [-0.25, -0.2) is 0 Å². The van der Waals surface area contributed by atoms with Gasteiger partial charge in [0.25, 0.3) is 0 Å². The standard InChI is InChI=1S/C11H18O2/c1-2-13-10(12)8-11-6-4-3-5-9(11)7-11/h9H,2-8H2,1H3. The van der Waals surface area contributed by atoms with E-state index in [-0.39, 0.29) is 5.97 Å². The molecule has 0 radical (unpaired) electrons. The molecule has 2 aliphatic rings. The molecule has 0 saturated heterocycles. The normalized spacial score (nSPS) is 36.5. The number of hydrogen-bond donors (Lipinski definition) is 0. The van der Waals surface area contributed by atoms with E-state index in [9.17, 15) is 4.79 Å². The van der Waals surface area contributed by atoms with Gasteiger partial charge in [-0.3, -0.25) is 4.79 Å². The minimum atomic E-state index is 0.0203. The Morgan fingerprint density at radius 1 is 1.54 bits per heavy atom. The van der Waals surface area contributed by atoms with Crippen LogP contribution >= 0.6 is 0 Å². The van der Waals surface area contributed by atoms with Crippen LogP contribution in [0.5, 0.6) is 0 Å². The summed E-state index contributed by atoms with van der Waals surface area (Å²) in [5.41, 5.74) is 0.393. The van der Waals surface area contributed by atoms with Gasteiger partial charge in [0.2, 0.25) is 0 Å². The van der Waals surface area contributed by atoms with Gasteiger partial charge >= 0.3 is 5.97 Å². The van der Waals surface area contributed by atoms with Crippen LogP contribution in [0.2, 0.25) is 0 Å². The first-order chi connectivity index (χ1) is 6.27. The lowest BCUT2D eigenvalue weighted by Crippen LogP contribution is -2.16. The summed E-state index contributed by atoms with van der Waals surface area (Å²) in [5.74, 6) is 0.873. The third-order valence-corrected chi connectivity index (χ3v) is 3.64. The Bertz CT molecular complexity index is 212. The van der Waals surface area contributed by atoms with Crippen molar-refractivity contribution in [3.63, 3.8) is 0 Å². The Labute approximate surface area is 79.7 Å². The predicted molar refractivity (Wildman–Crippen MR) is 50.3 cm³/mol. The minimum absolute atomic E-state index is 0.0203. The van der Waals surface area contributed by atoms with Crippen LogP contribution in [0, 0.1) is 11.3 Å². The van der Waals surface area contributed by atoms with Crippen molar-refractivity contribution in [3.8, 4) is 0 Å². The van der Waals surface area contributed by atoms with Gasteiger partial charge in [0.05, 0.1) is 13.0 Å². The third kappa shape index (κ3) is 1.72. The van der Waals surface area contributed by atoms with Gasteiger partial charge in [-0.2, -0.15) is 0 Å². The van der Waals surface area contributed by atoms with E-state index < -0.39 is 0 Å². The predicted octanol–water partition coefficient (Wildman–Crippen LogP) is 2.52. The zero-order valence-electron chi connectivity index (χ0n) is 8.34. The molecule has 2 rings (SSSR count). The van der Waals surface area contributed by atoms with E-state index in [1.54, 1.807) is 0 Å². The Kier molecular flexibility index (Phi) is 2.31. The molecule has 0 bridgehead atoms. The Hall–Kier alpha value is -0.530. The molecule has 74 valence electrons. The van der Waals surface area contributed by atoms with E-state index in [1.807, 2.05) is 6.92 Å². The number of fused-ring (bicyclic) bond motifs is 1. The van der Waals surface area contributed by atoms with Gasteiger partial charge in [-0.1, -0.05) is 12.8 Å². The van der Waals surface area contributed by atoms with Crippen LogP contribution in [0.3, 0.4) is 0 Å². The fourth-order valence-electron chi connectivity index (χ4n) is 2.82. The van der Waals surface area contributed by atoms with Crippen LogP contribution in [0.15, 0.2) is 0 Å². The van der Waals surface area contributed by atoms with Crippen LogP contribution < -0.4 is 0 Å². The fourth-order valence-corrected chi connectivity index (χ4v) is 2.82. The molecule has 0 N–H and O–H groups in total. The summed E-state index contributed by atoms with van der Waals surface area (Å²) in [4.78, 5) is 11.3. The number of rotatable bonds is 3. The smallest absolute Gasteiger partial charge is 0.306 e. The highest BCUT2D eigenvalue weighted by Gasteiger charge is 2.55. The molecule has 2 saturated carbocycles. The summed E-state index contributed by atoms with van der Waals surface area (Å²) in [6, 6.07) is 0. The number of hydrogen-bond acceptors (Lipinski definition) is 2. The molecular weight excluding hydrogens is 164 g/mol. The summed E-state index contributed by atoms with van der Waals surface area (Å²) >= 11 is 0. The third-order valence-electron chi connectivity index (χ3n) is 3.64. The van der Waals surface area contributed by atoms with Crippen LogP contribution in [-0.2, 0) is 9.53 Å². The first-order valence-electron chi connectivity index (χ1n) is 5.42. The summed E-state index contributed by atoms with van der Waals surface area (Å²) in [6.07, 6.45) is 7.26. The number of esters is 1. The first kappa shape index (κ1) is 9.04. The monoisotopic (exact) mass is 182 g/mol. The van der Waals surface area contributed by atoms with Gasteiger partial charge < -0.3 is 4.74 Å². The topological polar surface area (TPSA) is 26.3 Å². The molecule has 0 spiro atoms. The van der Waals surface area contributed by atoms with E-state index in [1.165, 1.54) is 32.1 Å². The van der Waals surface area contributed by atoms with Gasteiger partial charge in [0.1, 0.15) is 0 Å². The highest BCUT2D eigenvalue weighted by atomic mass is 16.5. The summed E-state index contributed by atoms with van der Waals surface area (Å²) in [7, 11) is 0. The maximum Gasteiger partial charge on any atom is 0.306 e. The molecule has 2 aliphatic carbocycles. The van der Waals surface area contributed by atoms with Crippen molar-refractivity contribution in [1.82, 2.24) is 0 Å². The first-order valence-corrected chi connectivity index (χ1v) is 5.42. The van der Waals surface area contributed by atoms with Crippen LogP contribution in [0.1, 0.15) is 45.4 Å². The molecule has 13 heavy (non-hydrogen) atoms. The van der Waals surface area contributed by atoms with Crippen molar-refractivity contribution in [2.75, 3.05) is 6.61 Å². The van der Waals surface area contributed by atoms with Gasteiger partial charge in [-0.15, -0.1) is 0 Å². The molecule has 0 aromatic heterocycles. The molecular formula is C11H18O2. The molecule has 2 nitrogen and oxygen atoms in total. The molecule has 0 aromatic rings. The van der Waals surface area contributed by atoms with E-state index >= 15 is 0 Å². The number of ether oxygens (including phenoxy) is 1. The summed E-state index contributed by atoms with van der Waals surface area (Å²) in [6.45, 7) is 2.40. The van der Waals surface area contributed by atoms with Crippen molar-refractivity contribution in [3.05, 3.63) is 0 Å². The Morgan fingerprint density at radius 2 is 2.38 bits per heavy atom. The lowest BCUT2D eigenvalue weighted by atomic mass is 9.86. The highest BCUT2D eigenvalue weighted by molar-refractivity contribution is 5.71. The van der Waals surface area contributed by atoms with E-state index in [2.05, 4.69) is 0 Å². The molecule has 0 heterocycles. The largest absolute Gasteiger partial charge is 0.466 e. The molecule has 0 aliphatic heterocycles. The van der Waals surface area contributed by atoms with Gasteiger partial charge in [0.15, 0.2) is 0 Å². The molecule has 2 fully saturated rings. The van der Waals surface area contributed by atoms with E-state index in [4.69, 9.17) is 4.74 Å². The Balaban J connectivity index is 1.84. The summed E-state index contributed by atoms with van der Waals surface area (Å²) in [5, 5.41) is 0. The lowest BCUT2D eigenvalue weighted by molar-refractivity contribution is -0.144. The minimum Gasteiger partial charge on any atom is -0.466 e. The van der Waals surface area contributed by atoms with Crippen molar-refractivity contribution in [1.29, 1.82) is 0 Å². The van der Waals surface area contributed by atoms with Crippen molar-refractivity contribution >= 4 is 5.97 Å². The van der Waals surface area contributed by atoms with Crippen LogP contribution in [0.4, 0.5) is 0 Å². The lowest BCUT2D eigenvalue weighted by Gasteiger charge is -2.20. The quantitative estimate of drug-likeness (QED) is 0.627. The zero-order valence-corrected chi connectivity index (χ0v) is 8.34. The second-order valence-corrected chi connectivity index (χ2v) is 4.49. The summed E-state index contributed by atoms with van der Waals surface area (Å²) < 4.78 is 5.00. The molecule has 0 aromatic carbocycles. The van der Waals surface area contributed by atoms with Crippen LogP contribution in [0.25, 0.3) is 0 Å². The maximum atomic E-state index is 11.3. The molecule has 0 amide bonds. The highest BCUT2D eigenvalue weighted by Crippen LogP contribution is 2.63. The molecule has 2 atom stereocenters. The number of carbonyl (C=O) groups excluding carboxylic acids is 1. The average Bonchev–Trinajstić information content (AvgIpc) is 2.78. The SMILES string of the molecule is CCOC(=O)CC12CCCCC1C2. The molecule has 2 unspecified atom stereocenters. The van der Waals surface area contributed by atoms with Crippen molar-refractivity contribution < 1.29 is 9.53 Å². The average molecular weight is 182 g/mol. The Morgan fingerprint density at radius 3 is 3.08 bits per heavy atom. The fraction of sp³-hybridized carbons (Fsp3) is 0.909. The van der Waals surface area contributed by atoms with Gasteiger partial charge in [0, 0.05) is 0 Å². The zero-order chi connectivity index (χ0) is 9.31. The van der Waals surface area contributed by atoms with Gasteiger partial charge in [-0.05, 0) is 37.5 Å². The second-order valence-electron chi connectivity index (χ2n) is 4.49. The van der Waals surface area contributed by atoms with Crippen molar-refractivity contribution in [2.24, 2.45) is 11.3 Å².